The molecule has 1 aliphatic heterocycles. The number of aromatic nitrogens is 4. The lowest BCUT2D eigenvalue weighted by Gasteiger charge is -2.26. The Morgan fingerprint density at radius 3 is 3.05 bits per heavy atom. The molecule has 1 aliphatic rings. The summed E-state index contributed by atoms with van der Waals surface area (Å²) in [6.07, 6.45) is -0.964. The van der Waals surface area contributed by atoms with Crippen LogP contribution >= 0.6 is 11.6 Å². The van der Waals surface area contributed by atoms with Crippen molar-refractivity contribution in [3.8, 4) is 5.88 Å². The standard InChI is InChI=1S/C12H16ClN5O2/c1-19-11-9-10(15-12(13)16-11)14-8-18(9)3-2-17-4-6-20-7-5-17/h8H,2-7H2,1H3/i2D2,3D2,4D2,5D2,6D2,7D2,8D. The third-order valence-electron chi connectivity index (χ3n) is 2.17. The highest BCUT2D eigenvalue weighted by molar-refractivity contribution is 6.28. The second kappa shape index (κ2) is 5.90. The quantitative estimate of drug-likeness (QED) is 0.779. The molecule has 2 aromatic rings. The van der Waals surface area contributed by atoms with E-state index in [9.17, 15) is 0 Å². The first-order valence-corrected chi connectivity index (χ1v) is 5.52. The average molecular weight is 311 g/mol. The van der Waals surface area contributed by atoms with Crippen LogP contribution in [0.15, 0.2) is 6.30 Å². The zero-order chi connectivity index (χ0) is 25.6. The lowest BCUT2D eigenvalue weighted by Crippen LogP contribution is -2.38. The van der Waals surface area contributed by atoms with Crippen molar-refractivity contribution in [2.24, 2.45) is 0 Å². The molecule has 0 atom stereocenters. The van der Waals surface area contributed by atoms with Crippen LogP contribution in [0.1, 0.15) is 17.8 Å². The number of aryl methyl sites for hydroxylation is 1. The Kier molecular flexibility index (Phi) is 1.50. The van der Waals surface area contributed by atoms with Crippen molar-refractivity contribution >= 4 is 22.8 Å². The van der Waals surface area contributed by atoms with E-state index in [2.05, 4.69) is 19.7 Å². The maximum atomic E-state index is 8.47. The summed E-state index contributed by atoms with van der Waals surface area (Å²) in [5.74, 6) is -0.436. The van der Waals surface area contributed by atoms with E-state index in [1.165, 1.54) is 0 Å². The van der Waals surface area contributed by atoms with Gasteiger partial charge in [-0.2, -0.15) is 9.97 Å². The normalized spacial score (nSPS) is 37.8. The number of halogens is 1. The number of fused-ring (bicyclic) bond motifs is 1. The van der Waals surface area contributed by atoms with E-state index in [4.69, 9.17) is 34.2 Å². The van der Waals surface area contributed by atoms with Gasteiger partial charge in [0.05, 0.1) is 34.8 Å². The minimum atomic E-state index is -3.89. The minimum absolute atomic E-state index is 0.254. The first-order chi connectivity index (χ1) is 14.7. The summed E-state index contributed by atoms with van der Waals surface area (Å²) in [7, 11) is 1.10. The Morgan fingerprint density at radius 2 is 2.30 bits per heavy atom. The fourth-order valence-electron chi connectivity index (χ4n) is 1.39. The summed E-state index contributed by atoms with van der Waals surface area (Å²) in [6.45, 7) is -22.3. The fourth-order valence-corrected chi connectivity index (χ4v) is 1.55. The highest BCUT2D eigenvalue weighted by atomic mass is 35.5. The molecule has 3 rings (SSSR count). The van der Waals surface area contributed by atoms with Gasteiger partial charge in [0.1, 0.15) is 1.37 Å². The Hall–Kier alpha value is -1.44. The molecule has 0 aromatic carbocycles. The predicted molar refractivity (Wildman–Crippen MR) is 74.1 cm³/mol. The molecule has 1 fully saturated rings. The van der Waals surface area contributed by atoms with Gasteiger partial charge in [0.25, 0.3) is 0 Å². The van der Waals surface area contributed by atoms with E-state index in [0.717, 1.165) is 7.11 Å². The Bertz CT molecular complexity index is 1080. The van der Waals surface area contributed by atoms with E-state index in [-0.39, 0.29) is 4.57 Å². The number of hydrogen-bond donors (Lipinski definition) is 0. The lowest BCUT2D eigenvalue weighted by atomic mass is 10.4. The molecule has 3 heterocycles. The van der Waals surface area contributed by atoms with Gasteiger partial charge in [0.15, 0.2) is 11.2 Å². The first kappa shape index (κ1) is 5.08. The molecule has 0 radical (unpaired) electrons. The van der Waals surface area contributed by atoms with Crippen LogP contribution in [0.3, 0.4) is 0 Å². The van der Waals surface area contributed by atoms with E-state index in [1.54, 1.807) is 0 Å². The highest BCUT2D eigenvalue weighted by Crippen LogP contribution is 2.23. The van der Waals surface area contributed by atoms with Crippen molar-refractivity contribution in [1.82, 2.24) is 24.4 Å². The van der Waals surface area contributed by atoms with Crippen LogP contribution in [0.2, 0.25) is 5.28 Å². The van der Waals surface area contributed by atoms with Crippen LogP contribution in [-0.4, -0.2) is 64.1 Å². The SMILES string of the molecule is [2H]c1nc2nc(Cl)nc(OC)c2n1C([2H])([2H])C([2H])([2H])N1C([2H])([2H])C([2H])([2H])OC([2H])([2H])C1([2H])[2H]. The molecule has 8 heteroatoms. The van der Waals surface area contributed by atoms with Crippen molar-refractivity contribution in [3.05, 3.63) is 11.6 Å². The predicted octanol–water partition coefficient (Wildman–Crippen LogP) is 0.820. The van der Waals surface area contributed by atoms with Crippen LogP contribution < -0.4 is 4.74 Å². The van der Waals surface area contributed by atoms with E-state index >= 15 is 0 Å². The van der Waals surface area contributed by atoms with Crippen LogP contribution in [0, 0.1) is 0 Å². The molecule has 0 spiro atoms. The maximum Gasteiger partial charge on any atom is 0.244 e. The zero-order valence-corrected chi connectivity index (χ0v) is 10.7. The third kappa shape index (κ3) is 2.70. The van der Waals surface area contributed by atoms with Crippen molar-refractivity contribution < 1.29 is 27.3 Å². The topological polar surface area (TPSA) is 65.3 Å². The number of ether oxygens (including phenoxy) is 2. The molecule has 0 bridgehead atoms. The number of methoxy groups -OCH3 is 1. The number of hydrogen-bond acceptors (Lipinski definition) is 6. The minimum Gasteiger partial charge on any atom is -0.479 e. The number of morpholine rings is 1. The van der Waals surface area contributed by atoms with Gasteiger partial charge in [-0.1, -0.05) is 0 Å². The molecule has 1 saturated heterocycles. The highest BCUT2D eigenvalue weighted by Gasteiger charge is 2.15. The van der Waals surface area contributed by atoms with Crippen LogP contribution in [0.4, 0.5) is 0 Å². The summed E-state index contributed by atoms with van der Waals surface area (Å²) in [5, 5.41) is -0.394. The maximum absolute atomic E-state index is 8.47. The molecule has 2 aromatic heterocycles. The van der Waals surface area contributed by atoms with Crippen molar-refractivity contribution in [3.63, 3.8) is 0 Å². The molecule has 20 heavy (non-hydrogen) atoms. The number of imidazole rings is 1. The van der Waals surface area contributed by atoms with Gasteiger partial charge in [0.2, 0.25) is 11.2 Å². The third-order valence-corrected chi connectivity index (χ3v) is 2.34. The lowest BCUT2D eigenvalue weighted by molar-refractivity contribution is 0.0365. The summed E-state index contributed by atoms with van der Waals surface area (Å²) in [4.78, 5) is 10.5. The van der Waals surface area contributed by atoms with Gasteiger partial charge < -0.3 is 14.0 Å². The van der Waals surface area contributed by atoms with E-state index in [0.29, 0.717) is 0 Å². The molecular weight excluding hydrogens is 282 g/mol. The zero-order valence-electron chi connectivity index (χ0n) is 22.9. The monoisotopic (exact) mass is 310 g/mol. The van der Waals surface area contributed by atoms with Gasteiger partial charge in [-0.3, -0.25) is 4.90 Å². The second-order valence-electron chi connectivity index (χ2n) is 3.31. The van der Waals surface area contributed by atoms with Crippen LogP contribution in [0.25, 0.3) is 11.2 Å². The second-order valence-corrected chi connectivity index (χ2v) is 3.65. The van der Waals surface area contributed by atoms with Gasteiger partial charge in [0, 0.05) is 34.2 Å². The van der Waals surface area contributed by atoms with Crippen LogP contribution in [0.5, 0.6) is 5.88 Å². The summed E-state index contributed by atoms with van der Waals surface area (Å²) < 4.78 is 115. The van der Waals surface area contributed by atoms with Gasteiger partial charge >= 0.3 is 0 Å². The Morgan fingerprint density at radius 1 is 1.50 bits per heavy atom. The first-order valence-electron chi connectivity index (χ1n) is 11.6. The smallest absolute Gasteiger partial charge is 0.244 e. The number of nitrogens with zero attached hydrogens (tertiary/aromatic N) is 5. The van der Waals surface area contributed by atoms with Crippen molar-refractivity contribution in [2.75, 3.05) is 39.7 Å². The summed E-state index contributed by atoms with van der Waals surface area (Å²) in [6, 6.07) is 0. The Labute approximate surface area is 139 Å². The molecule has 0 aliphatic carbocycles. The van der Waals surface area contributed by atoms with E-state index < -0.39 is 72.6 Å². The van der Waals surface area contributed by atoms with Gasteiger partial charge in [-0.15, -0.1) is 0 Å². The molecule has 0 N–H and O–H groups in total. The molecule has 0 amide bonds. The molecule has 7 nitrogen and oxygen atoms in total. The van der Waals surface area contributed by atoms with Gasteiger partial charge in [-0.05, 0) is 11.6 Å². The summed E-state index contributed by atoms with van der Waals surface area (Å²) in [5.41, 5.74) is -0.878. The van der Waals surface area contributed by atoms with Crippen molar-refractivity contribution in [2.45, 2.75) is 6.50 Å². The largest absolute Gasteiger partial charge is 0.479 e. The molecule has 0 unspecified atom stereocenters. The summed E-state index contributed by atoms with van der Waals surface area (Å²) >= 11 is 5.74. The molecule has 108 valence electrons. The Balaban J connectivity index is 2.34. The van der Waals surface area contributed by atoms with Gasteiger partial charge in [-0.25, -0.2) is 4.98 Å². The van der Waals surface area contributed by atoms with E-state index in [1.807, 2.05) is 0 Å². The van der Waals surface area contributed by atoms with Crippen LogP contribution in [-0.2, 0) is 11.2 Å². The number of rotatable bonds is 4. The fraction of sp³-hybridized carbons (Fsp3) is 0.583. The molecular formula is C12H16ClN5O2. The molecule has 0 saturated carbocycles. The van der Waals surface area contributed by atoms with Crippen molar-refractivity contribution in [1.29, 1.82) is 0 Å². The average Bonchev–Trinajstić information content (AvgIpc) is 2.93.